The molecule has 110 valence electrons. The molecule has 0 amide bonds. The van der Waals surface area contributed by atoms with Crippen LogP contribution in [0.2, 0.25) is 0 Å². The Labute approximate surface area is 118 Å². The van der Waals surface area contributed by atoms with Gasteiger partial charge in [0.25, 0.3) is 0 Å². The van der Waals surface area contributed by atoms with Crippen molar-refractivity contribution in [1.82, 2.24) is 0 Å². The van der Waals surface area contributed by atoms with Crippen molar-refractivity contribution in [2.75, 3.05) is 13.2 Å². The van der Waals surface area contributed by atoms with E-state index in [1.807, 2.05) is 19.9 Å². The fourth-order valence-electron chi connectivity index (χ4n) is 3.59. The molecule has 0 bridgehead atoms. The summed E-state index contributed by atoms with van der Waals surface area (Å²) in [6, 6.07) is 3.41. The molecule has 0 atom stereocenters. The summed E-state index contributed by atoms with van der Waals surface area (Å²) in [5.74, 6) is -0.851. The largest absolute Gasteiger partial charge is 0.385 e. The highest BCUT2D eigenvalue weighted by atomic mass is 19.1. The van der Waals surface area contributed by atoms with E-state index in [0.717, 1.165) is 11.1 Å². The first-order valence-corrected chi connectivity index (χ1v) is 7.22. The predicted molar refractivity (Wildman–Crippen MR) is 72.9 cm³/mol. The average Bonchev–Trinajstić information content (AvgIpc) is 2.81. The summed E-state index contributed by atoms with van der Waals surface area (Å²) < 4.78 is 25.6. The SMILES string of the molecule is Cc1cc(C)c(C2(O)CCC3(CC2)OCCO3)c(F)c1. The Bertz CT molecular complexity index is 487. The molecule has 1 aliphatic heterocycles. The second-order valence-electron chi connectivity index (χ2n) is 6.08. The van der Waals surface area contributed by atoms with Crippen LogP contribution in [0.15, 0.2) is 12.1 Å². The van der Waals surface area contributed by atoms with Gasteiger partial charge in [-0.3, -0.25) is 0 Å². The second-order valence-corrected chi connectivity index (χ2v) is 6.08. The molecule has 4 heteroatoms. The monoisotopic (exact) mass is 280 g/mol. The van der Waals surface area contributed by atoms with Crippen molar-refractivity contribution in [3.8, 4) is 0 Å². The minimum absolute atomic E-state index is 0.311. The van der Waals surface area contributed by atoms with Crippen LogP contribution in [-0.2, 0) is 15.1 Å². The number of halogens is 1. The van der Waals surface area contributed by atoms with Gasteiger partial charge in [-0.15, -0.1) is 0 Å². The van der Waals surface area contributed by atoms with Crippen LogP contribution in [0.5, 0.6) is 0 Å². The predicted octanol–water partition coefficient (Wildman–Crippen LogP) is 2.95. The molecule has 1 saturated carbocycles. The molecule has 1 aromatic rings. The number of rotatable bonds is 1. The van der Waals surface area contributed by atoms with Crippen LogP contribution in [0.3, 0.4) is 0 Å². The molecule has 1 N–H and O–H groups in total. The molecule has 3 rings (SSSR count). The van der Waals surface area contributed by atoms with Crippen molar-refractivity contribution in [3.05, 3.63) is 34.6 Å². The lowest BCUT2D eigenvalue weighted by Gasteiger charge is -2.41. The first-order chi connectivity index (χ1) is 9.44. The van der Waals surface area contributed by atoms with Crippen molar-refractivity contribution >= 4 is 0 Å². The Morgan fingerprint density at radius 3 is 2.20 bits per heavy atom. The molecule has 1 aliphatic carbocycles. The van der Waals surface area contributed by atoms with E-state index in [9.17, 15) is 9.50 Å². The zero-order valence-corrected chi connectivity index (χ0v) is 12.0. The molecule has 1 heterocycles. The number of hydrogen-bond acceptors (Lipinski definition) is 3. The van der Waals surface area contributed by atoms with Gasteiger partial charge in [-0.25, -0.2) is 4.39 Å². The van der Waals surface area contributed by atoms with Gasteiger partial charge in [0, 0.05) is 18.4 Å². The van der Waals surface area contributed by atoms with Gasteiger partial charge in [0.05, 0.1) is 18.8 Å². The van der Waals surface area contributed by atoms with E-state index in [1.54, 1.807) is 0 Å². The third kappa shape index (κ3) is 2.26. The van der Waals surface area contributed by atoms with Gasteiger partial charge >= 0.3 is 0 Å². The number of aliphatic hydroxyl groups is 1. The molecule has 0 radical (unpaired) electrons. The first-order valence-electron chi connectivity index (χ1n) is 7.22. The van der Waals surface area contributed by atoms with E-state index < -0.39 is 11.4 Å². The lowest BCUT2D eigenvalue weighted by molar-refractivity contribution is -0.204. The quantitative estimate of drug-likeness (QED) is 0.859. The van der Waals surface area contributed by atoms with Crippen LogP contribution in [0.4, 0.5) is 4.39 Å². The lowest BCUT2D eigenvalue weighted by atomic mass is 9.75. The van der Waals surface area contributed by atoms with E-state index in [0.29, 0.717) is 44.5 Å². The Morgan fingerprint density at radius 2 is 1.65 bits per heavy atom. The maximum Gasteiger partial charge on any atom is 0.168 e. The van der Waals surface area contributed by atoms with Gasteiger partial charge in [0.2, 0.25) is 0 Å². The summed E-state index contributed by atoms with van der Waals surface area (Å²) in [6.07, 6.45) is 2.15. The van der Waals surface area contributed by atoms with Crippen LogP contribution in [-0.4, -0.2) is 24.1 Å². The standard InChI is InChI=1S/C16H21FO3/c1-11-9-12(2)14(13(17)10-11)15(18)3-5-16(6-4-15)19-7-8-20-16/h9-10,18H,3-8H2,1-2H3. The van der Waals surface area contributed by atoms with Crippen LogP contribution in [0.25, 0.3) is 0 Å². The number of hydrogen-bond donors (Lipinski definition) is 1. The zero-order chi connectivity index (χ0) is 14.4. The van der Waals surface area contributed by atoms with Crippen molar-refractivity contribution < 1.29 is 19.0 Å². The van der Waals surface area contributed by atoms with Gasteiger partial charge in [0.15, 0.2) is 5.79 Å². The lowest BCUT2D eigenvalue weighted by Crippen LogP contribution is -2.42. The highest BCUT2D eigenvalue weighted by molar-refractivity contribution is 5.36. The van der Waals surface area contributed by atoms with Crippen molar-refractivity contribution in [2.45, 2.75) is 50.9 Å². The van der Waals surface area contributed by atoms with Crippen LogP contribution in [0, 0.1) is 19.7 Å². The summed E-state index contributed by atoms with van der Waals surface area (Å²) in [5.41, 5.74) is 1.02. The molecule has 2 fully saturated rings. The van der Waals surface area contributed by atoms with Crippen molar-refractivity contribution in [1.29, 1.82) is 0 Å². The Morgan fingerprint density at radius 1 is 1.05 bits per heavy atom. The average molecular weight is 280 g/mol. The number of aryl methyl sites for hydroxylation is 2. The van der Waals surface area contributed by atoms with Gasteiger partial charge < -0.3 is 14.6 Å². The summed E-state index contributed by atoms with van der Waals surface area (Å²) in [7, 11) is 0. The number of benzene rings is 1. The third-order valence-corrected chi connectivity index (χ3v) is 4.55. The summed E-state index contributed by atoms with van der Waals surface area (Å²) in [6.45, 7) is 4.93. The van der Waals surface area contributed by atoms with Crippen molar-refractivity contribution in [3.63, 3.8) is 0 Å². The Hall–Kier alpha value is -0.970. The van der Waals surface area contributed by atoms with E-state index in [1.165, 1.54) is 6.07 Å². The van der Waals surface area contributed by atoms with Gasteiger partial charge in [-0.05, 0) is 43.9 Å². The maximum atomic E-state index is 14.3. The highest BCUT2D eigenvalue weighted by Crippen LogP contribution is 2.46. The molecular formula is C16H21FO3. The van der Waals surface area contributed by atoms with E-state index in [-0.39, 0.29) is 5.82 Å². The molecule has 1 saturated heterocycles. The van der Waals surface area contributed by atoms with Crippen molar-refractivity contribution in [2.24, 2.45) is 0 Å². The zero-order valence-electron chi connectivity index (χ0n) is 12.0. The molecule has 1 spiro atoms. The molecule has 1 aromatic carbocycles. The molecule has 3 nitrogen and oxygen atoms in total. The van der Waals surface area contributed by atoms with Crippen LogP contribution >= 0.6 is 0 Å². The van der Waals surface area contributed by atoms with E-state index in [4.69, 9.17) is 9.47 Å². The van der Waals surface area contributed by atoms with Gasteiger partial charge in [0.1, 0.15) is 5.82 Å². The first kappa shape index (κ1) is 14.0. The summed E-state index contributed by atoms with van der Waals surface area (Å²) in [4.78, 5) is 0. The summed E-state index contributed by atoms with van der Waals surface area (Å²) >= 11 is 0. The van der Waals surface area contributed by atoms with Gasteiger partial charge in [-0.1, -0.05) is 6.07 Å². The smallest absolute Gasteiger partial charge is 0.168 e. The normalized spacial score (nSPS) is 24.2. The van der Waals surface area contributed by atoms with E-state index >= 15 is 0 Å². The fourth-order valence-corrected chi connectivity index (χ4v) is 3.59. The Balaban J connectivity index is 1.87. The maximum absolute atomic E-state index is 14.3. The molecular weight excluding hydrogens is 259 g/mol. The molecule has 2 aliphatic rings. The summed E-state index contributed by atoms with van der Waals surface area (Å²) in [5, 5.41) is 10.9. The highest BCUT2D eigenvalue weighted by Gasteiger charge is 2.47. The number of ether oxygens (including phenoxy) is 2. The minimum Gasteiger partial charge on any atom is -0.385 e. The topological polar surface area (TPSA) is 38.7 Å². The molecule has 0 aromatic heterocycles. The van der Waals surface area contributed by atoms with E-state index in [2.05, 4.69) is 0 Å². The third-order valence-electron chi connectivity index (χ3n) is 4.55. The molecule has 20 heavy (non-hydrogen) atoms. The minimum atomic E-state index is -1.11. The van der Waals surface area contributed by atoms with Crippen LogP contribution in [0.1, 0.15) is 42.4 Å². The molecule has 0 unspecified atom stereocenters. The Kier molecular flexibility index (Phi) is 3.35. The van der Waals surface area contributed by atoms with Crippen LogP contribution < -0.4 is 0 Å². The van der Waals surface area contributed by atoms with Gasteiger partial charge in [-0.2, -0.15) is 0 Å². The second kappa shape index (κ2) is 4.79. The fraction of sp³-hybridized carbons (Fsp3) is 0.625.